The van der Waals surface area contributed by atoms with Crippen LogP contribution >= 0.6 is 0 Å². The molecule has 0 saturated heterocycles. The Morgan fingerprint density at radius 1 is 1.29 bits per heavy atom. The van der Waals surface area contributed by atoms with Crippen LogP contribution in [0, 0.1) is 0 Å². The van der Waals surface area contributed by atoms with Gasteiger partial charge in [-0.3, -0.25) is 4.79 Å². The van der Waals surface area contributed by atoms with E-state index in [1.54, 1.807) is 0 Å². The second-order valence-corrected chi connectivity index (χ2v) is 5.35. The predicted octanol–water partition coefficient (Wildman–Crippen LogP) is 1.74. The van der Waals surface area contributed by atoms with Gasteiger partial charge in [-0.2, -0.15) is 0 Å². The maximum atomic E-state index is 12.2. The number of fused-ring (bicyclic) bond motifs is 1. The summed E-state index contributed by atoms with van der Waals surface area (Å²) >= 11 is 0. The van der Waals surface area contributed by atoms with E-state index in [4.69, 9.17) is 0 Å². The summed E-state index contributed by atoms with van der Waals surface area (Å²) in [4.78, 5) is 14.6. The smallest absolute Gasteiger partial charge is 0.244 e. The van der Waals surface area contributed by atoms with Gasteiger partial charge in [0.15, 0.2) is 0 Å². The number of hydrogen-bond donors (Lipinski definition) is 3. The van der Waals surface area contributed by atoms with E-state index in [0.717, 1.165) is 37.4 Å². The fourth-order valence-electron chi connectivity index (χ4n) is 2.58. The molecule has 1 aromatic carbocycles. The van der Waals surface area contributed by atoms with Crippen LogP contribution in [-0.2, 0) is 4.79 Å². The van der Waals surface area contributed by atoms with Crippen molar-refractivity contribution in [2.45, 2.75) is 26.3 Å². The lowest BCUT2D eigenvalue weighted by Gasteiger charge is -2.28. The average Bonchev–Trinajstić information content (AvgIpc) is 2.53. The highest BCUT2D eigenvalue weighted by molar-refractivity contribution is 5.88. The molecule has 0 fully saturated rings. The molecular formula is C16H26N4O. The summed E-state index contributed by atoms with van der Waals surface area (Å²) in [5, 5.41) is 9.60. The zero-order valence-corrected chi connectivity index (χ0v) is 13.0. The number of hydrogen-bond acceptors (Lipinski definition) is 4. The number of carbonyl (C=O) groups is 1. The molecule has 116 valence electrons. The third kappa shape index (κ3) is 4.36. The van der Waals surface area contributed by atoms with E-state index in [2.05, 4.69) is 34.7 Å². The van der Waals surface area contributed by atoms with Gasteiger partial charge in [-0.1, -0.05) is 26.0 Å². The van der Waals surface area contributed by atoms with E-state index < -0.39 is 0 Å². The highest BCUT2D eigenvalue weighted by atomic mass is 16.2. The number of likely N-dealkylation sites (N-methyl/N-ethyl adjacent to an activating group) is 1. The van der Waals surface area contributed by atoms with Gasteiger partial charge in [0.1, 0.15) is 6.04 Å². The van der Waals surface area contributed by atoms with Gasteiger partial charge in [-0.15, -0.1) is 0 Å². The molecule has 5 nitrogen and oxygen atoms in total. The Morgan fingerprint density at radius 2 is 2.05 bits per heavy atom. The lowest BCUT2D eigenvalue weighted by Crippen LogP contribution is -2.47. The van der Waals surface area contributed by atoms with E-state index in [1.165, 1.54) is 0 Å². The van der Waals surface area contributed by atoms with E-state index in [-0.39, 0.29) is 11.9 Å². The molecule has 0 spiro atoms. The number of para-hydroxylation sites is 2. The first-order chi connectivity index (χ1) is 10.2. The summed E-state index contributed by atoms with van der Waals surface area (Å²) in [6, 6.07) is 7.75. The van der Waals surface area contributed by atoms with Crippen LogP contribution in [0.2, 0.25) is 0 Å². The van der Waals surface area contributed by atoms with Crippen molar-refractivity contribution in [3.8, 4) is 0 Å². The number of amides is 1. The molecule has 1 aliphatic heterocycles. The van der Waals surface area contributed by atoms with Gasteiger partial charge < -0.3 is 20.9 Å². The predicted molar refractivity (Wildman–Crippen MR) is 87.8 cm³/mol. The number of anilines is 2. The Morgan fingerprint density at radius 3 is 2.76 bits per heavy atom. The Kier molecular flexibility index (Phi) is 5.87. The van der Waals surface area contributed by atoms with Crippen LogP contribution < -0.4 is 16.0 Å². The lowest BCUT2D eigenvalue weighted by molar-refractivity contribution is -0.121. The summed E-state index contributed by atoms with van der Waals surface area (Å²) in [6.07, 6.45) is 1.15. The van der Waals surface area contributed by atoms with Gasteiger partial charge in [-0.05, 0) is 31.6 Å². The maximum absolute atomic E-state index is 12.2. The summed E-state index contributed by atoms with van der Waals surface area (Å²) in [7, 11) is 0. The minimum absolute atomic E-state index is 0.0598. The number of rotatable bonds is 7. The molecule has 0 bridgehead atoms. The summed E-state index contributed by atoms with van der Waals surface area (Å²) in [6.45, 7) is 8.68. The van der Waals surface area contributed by atoms with E-state index in [0.29, 0.717) is 13.1 Å². The summed E-state index contributed by atoms with van der Waals surface area (Å²) < 4.78 is 0. The number of benzene rings is 1. The van der Waals surface area contributed by atoms with Crippen molar-refractivity contribution in [1.29, 1.82) is 0 Å². The Bertz CT molecular complexity index is 463. The first kappa shape index (κ1) is 15.6. The molecule has 1 atom stereocenters. The molecule has 5 heteroatoms. The average molecular weight is 290 g/mol. The Hall–Kier alpha value is -1.75. The molecule has 3 N–H and O–H groups in total. The quantitative estimate of drug-likeness (QED) is 0.716. The van der Waals surface area contributed by atoms with E-state index in [9.17, 15) is 4.79 Å². The molecule has 1 amide bonds. The van der Waals surface area contributed by atoms with E-state index in [1.807, 2.05) is 24.3 Å². The summed E-state index contributed by atoms with van der Waals surface area (Å²) in [5.74, 6) is 0.0598. The second kappa shape index (κ2) is 7.88. The van der Waals surface area contributed by atoms with Crippen molar-refractivity contribution in [2.24, 2.45) is 0 Å². The van der Waals surface area contributed by atoms with Crippen LogP contribution in [0.1, 0.15) is 20.3 Å². The summed E-state index contributed by atoms with van der Waals surface area (Å²) in [5.41, 5.74) is 2.05. The molecule has 1 aliphatic rings. The number of nitrogens with one attached hydrogen (secondary N) is 3. The SMILES string of the molecule is CCCN(CC)CCNC(=O)C1CNc2ccccc2N1. The molecule has 1 aromatic rings. The van der Waals surface area contributed by atoms with Crippen LogP contribution in [0.4, 0.5) is 11.4 Å². The van der Waals surface area contributed by atoms with Crippen molar-refractivity contribution in [1.82, 2.24) is 10.2 Å². The van der Waals surface area contributed by atoms with Gasteiger partial charge >= 0.3 is 0 Å². The molecular weight excluding hydrogens is 264 g/mol. The Labute approximate surface area is 127 Å². The highest BCUT2D eigenvalue weighted by Crippen LogP contribution is 2.24. The Balaban J connectivity index is 1.77. The molecule has 0 saturated carbocycles. The first-order valence-corrected chi connectivity index (χ1v) is 7.84. The second-order valence-electron chi connectivity index (χ2n) is 5.35. The number of nitrogens with zero attached hydrogens (tertiary/aromatic N) is 1. The minimum Gasteiger partial charge on any atom is -0.381 e. The van der Waals surface area contributed by atoms with Crippen molar-refractivity contribution in [3.05, 3.63) is 24.3 Å². The van der Waals surface area contributed by atoms with Crippen LogP contribution in [-0.4, -0.2) is 49.6 Å². The monoisotopic (exact) mass is 290 g/mol. The molecule has 0 aromatic heterocycles. The molecule has 1 unspecified atom stereocenters. The standard InChI is InChI=1S/C16H26N4O/c1-3-10-20(4-2)11-9-17-16(21)15-12-18-13-7-5-6-8-14(13)19-15/h5-8,15,18-19H,3-4,9-12H2,1-2H3,(H,17,21). The highest BCUT2D eigenvalue weighted by Gasteiger charge is 2.22. The van der Waals surface area contributed by atoms with Gasteiger partial charge in [0, 0.05) is 19.6 Å². The van der Waals surface area contributed by atoms with Crippen LogP contribution in [0.25, 0.3) is 0 Å². The van der Waals surface area contributed by atoms with Crippen molar-refractivity contribution >= 4 is 17.3 Å². The van der Waals surface area contributed by atoms with Gasteiger partial charge in [-0.25, -0.2) is 0 Å². The molecule has 21 heavy (non-hydrogen) atoms. The van der Waals surface area contributed by atoms with Gasteiger partial charge in [0.2, 0.25) is 5.91 Å². The van der Waals surface area contributed by atoms with Crippen LogP contribution in [0.15, 0.2) is 24.3 Å². The van der Waals surface area contributed by atoms with Crippen LogP contribution in [0.3, 0.4) is 0 Å². The zero-order chi connectivity index (χ0) is 15.1. The third-order valence-electron chi connectivity index (χ3n) is 3.78. The van der Waals surface area contributed by atoms with Gasteiger partial charge in [0.25, 0.3) is 0 Å². The molecule has 0 aliphatic carbocycles. The van der Waals surface area contributed by atoms with E-state index >= 15 is 0 Å². The topological polar surface area (TPSA) is 56.4 Å². The fraction of sp³-hybridized carbons (Fsp3) is 0.562. The molecule has 2 rings (SSSR count). The number of carbonyl (C=O) groups excluding carboxylic acids is 1. The minimum atomic E-state index is -0.207. The van der Waals surface area contributed by atoms with Crippen molar-refractivity contribution < 1.29 is 4.79 Å². The first-order valence-electron chi connectivity index (χ1n) is 7.84. The zero-order valence-electron chi connectivity index (χ0n) is 13.0. The van der Waals surface area contributed by atoms with Crippen LogP contribution in [0.5, 0.6) is 0 Å². The lowest BCUT2D eigenvalue weighted by atomic mass is 10.1. The third-order valence-corrected chi connectivity index (χ3v) is 3.78. The normalized spacial score (nSPS) is 16.8. The molecule has 1 heterocycles. The van der Waals surface area contributed by atoms with Gasteiger partial charge in [0.05, 0.1) is 11.4 Å². The van der Waals surface area contributed by atoms with Crippen molar-refractivity contribution in [3.63, 3.8) is 0 Å². The maximum Gasteiger partial charge on any atom is 0.244 e. The van der Waals surface area contributed by atoms with Crippen molar-refractivity contribution in [2.75, 3.05) is 43.4 Å². The largest absolute Gasteiger partial charge is 0.381 e. The fourth-order valence-corrected chi connectivity index (χ4v) is 2.58. The molecule has 0 radical (unpaired) electrons.